The first-order chi connectivity index (χ1) is 19.3. The van der Waals surface area contributed by atoms with Crippen LogP contribution in [0, 0.1) is 5.41 Å². The number of hydrogen-bond acceptors (Lipinski definition) is 9. The third-order valence-corrected chi connectivity index (χ3v) is 4.85. The molecule has 0 aliphatic carbocycles. The van der Waals surface area contributed by atoms with Gasteiger partial charge in [-0.15, -0.1) is 0 Å². The van der Waals surface area contributed by atoms with Gasteiger partial charge in [-0.3, -0.25) is 9.59 Å². The minimum atomic E-state index is -0.515. The van der Waals surface area contributed by atoms with Crippen molar-refractivity contribution in [2.75, 3.05) is 20.8 Å². The number of carbonyl (C=O) groups is 4. The smallest absolute Gasteiger partial charge is 0.335 e. The minimum absolute atomic E-state index is 0.399. The van der Waals surface area contributed by atoms with E-state index in [0.717, 1.165) is 48.0 Å². The van der Waals surface area contributed by atoms with Crippen LogP contribution in [-0.2, 0) is 20.7 Å². The molecule has 40 heavy (non-hydrogen) atoms. The van der Waals surface area contributed by atoms with Crippen molar-refractivity contribution in [3.8, 4) is 17.2 Å². The Morgan fingerprint density at radius 3 is 1.60 bits per heavy atom. The number of nitrogens with one attached hydrogen (secondary N) is 1. The molecule has 9 heteroatoms. The molecule has 1 N–H and O–H groups in total. The number of esters is 2. The lowest BCUT2D eigenvalue weighted by molar-refractivity contribution is -0.129. The van der Waals surface area contributed by atoms with Crippen LogP contribution in [0.1, 0.15) is 31.8 Å². The highest BCUT2D eigenvalue weighted by atomic mass is 16.5. The second-order valence-corrected chi connectivity index (χ2v) is 7.59. The lowest BCUT2D eigenvalue weighted by atomic mass is 10.1. The molecule has 0 saturated heterocycles. The summed E-state index contributed by atoms with van der Waals surface area (Å²) in [6, 6.07) is 18.3. The summed E-state index contributed by atoms with van der Waals surface area (Å²) < 4.78 is 19.7. The Kier molecular flexibility index (Phi) is 15.6. The Balaban J connectivity index is 0.000000300. The van der Waals surface area contributed by atoms with Crippen LogP contribution in [-0.4, -0.2) is 51.6 Å². The van der Waals surface area contributed by atoms with E-state index in [-0.39, 0.29) is 0 Å². The van der Waals surface area contributed by atoms with Gasteiger partial charge in [0, 0.05) is 42.2 Å². The average molecular weight is 546 g/mol. The van der Waals surface area contributed by atoms with E-state index in [1.165, 1.54) is 6.21 Å². The van der Waals surface area contributed by atoms with Gasteiger partial charge in [0.15, 0.2) is 0 Å². The van der Waals surface area contributed by atoms with Crippen LogP contribution in [0.4, 0.5) is 0 Å². The second-order valence-electron chi connectivity index (χ2n) is 7.59. The van der Waals surface area contributed by atoms with E-state index in [2.05, 4.69) is 13.2 Å². The molecule has 9 nitrogen and oxygen atoms in total. The summed E-state index contributed by atoms with van der Waals surface area (Å²) in [6.07, 6.45) is 5.76. The number of ether oxygens (including phenoxy) is 4. The van der Waals surface area contributed by atoms with Crippen LogP contribution in [0.15, 0.2) is 92.0 Å². The van der Waals surface area contributed by atoms with Gasteiger partial charge in [0.1, 0.15) is 29.8 Å². The van der Waals surface area contributed by atoms with Crippen molar-refractivity contribution in [3.63, 3.8) is 0 Å². The highest BCUT2D eigenvalue weighted by Gasteiger charge is 2.02. The predicted octanol–water partition coefficient (Wildman–Crippen LogP) is 5.06. The van der Waals surface area contributed by atoms with E-state index in [0.29, 0.717) is 29.2 Å². The summed E-state index contributed by atoms with van der Waals surface area (Å²) in [7, 11) is 3.29. The van der Waals surface area contributed by atoms with Gasteiger partial charge in [0.25, 0.3) is 0 Å². The molecule has 0 heterocycles. The molecular formula is C31H31NO8. The Bertz CT molecular complexity index is 1210. The normalized spacial score (nSPS) is 9.25. The first kappa shape index (κ1) is 32.9. The summed E-state index contributed by atoms with van der Waals surface area (Å²) in [5.41, 5.74) is 3.05. The van der Waals surface area contributed by atoms with Crippen molar-refractivity contribution in [2.24, 2.45) is 0 Å². The zero-order chi connectivity index (χ0) is 29.8. The number of hydrogen-bond donors (Lipinski definition) is 1. The molecule has 0 aromatic heterocycles. The van der Waals surface area contributed by atoms with E-state index in [1.54, 1.807) is 62.8 Å². The van der Waals surface area contributed by atoms with Crippen molar-refractivity contribution in [1.29, 1.82) is 5.41 Å². The molecule has 0 fully saturated rings. The van der Waals surface area contributed by atoms with Gasteiger partial charge in [0.2, 0.25) is 0 Å². The summed E-state index contributed by atoms with van der Waals surface area (Å²) in [4.78, 5) is 42.0. The summed E-state index contributed by atoms with van der Waals surface area (Å²) in [5, 5.41) is 7.23. The highest BCUT2D eigenvalue weighted by molar-refractivity contribution is 5.84. The van der Waals surface area contributed by atoms with E-state index in [4.69, 9.17) is 24.4 Å². The maximum Gasteiger partial charge on any atom is 0.335 e. The highest BCUT2D eigenvalue weighted by Crippen LogP contribution is 2.18. The van der Waals surface area contributed by atoms with E-state index >= 15 is 0 Å². The summed E-state index contributed by atoms with van der Waals surface area (Å²) in [5.74, 6) is 0.505. The molecule has 3 rings (SSSR count). The molecule has 3 aromatic rings. The van der Waals surface area contributed by atoms with Gasteiger partial charge in [-0.05, 0) is 72.6 Å². The van der Waals surface area contributed by atoms with Crippen LogP contribution < -0.4 is 14.2 Å². The molecule has 0 amide bonds. The molecule has 0 atom stereocenters. The van der Waals surface area contributed by atoms with Gasteiger partial charge in [-0.2, -0.15) is 0 Å². The predicted molar refractivity (Wildman–Crippen MR) is 152 cm³/mol. The monoisotopic (exact) mass is 545 g/mol. The van der Waals surface area contributed by atoms with Gasteiger partial charge < -0.3 is 24.4 Å². The van der Waals surface area contributed by atoms with Crippen LogP contribution in [0.2, 0.25) is 0 Å². The lowest BCUT2D eigenvalue weighted by Gasteiger charge is -2.06. The molecule has 3 aromatic carbocycles. The average Bonchev–Trinajstić information content (AvgIpc) is 3.01. The van der Waals surface area contributed by atoms with E-state index in [9.17, 15) is 19.2 Å². The Labute approximate surface area is 233 Å². The van der Waals surface area contributed by atoms with Crippen LogP contribution >= 0.6 is 0 Å². The number of carbonyl (C=O) groups excluding carboxylic acids is 4. The van der Waals surface area contributed by atoms with Gasteiger partial charge in [-0.25, -0.2) is 9.59 Å². The molecule has 0 unspecified atom stereocenters. The molecule has 0 aliphatic heterocycles. The molecular weight excluding hydrogens is 514 g/mol. The van der Waals surface area contributed by atoms with Gasteiger partial charge >= 0.3 is 11.9 Å². The van der Waals surface area contributed by atoms with Crippen molar-refractivity contribution in [3.05, 3.63) is 114 Å². The van der Waals surface area contributed by atoms with E-state index in [1.807, 2.05) is 18.2 Å². The summed E-state index contributed by atoms with van der Waals surface area (Å²) >= 11 is 0. The number of rotatable bonds is 11. The Morgan fingerprint density at radius 2 is 1.25 bits per heavy atom. The largest absolute Gasteiger partial charge is 0.496 e. The number of benzene rings is 3. The zero-order valence-corrected chi connectivity index (χ0v) is 22.3. The Morgan fingerprint density at radius 1 is 0.775 bits per heavy atom. The first-order valence-corrected chi connectivity index (χ1v) is 11.8. The lowest BCUT2D eigenvalue weighted by Crippen LogP contribution is -2.02. The quantitative estimate of drug-likeness (QED) is 0.116. The van der Waals surface area contributed by atoms with Crippen molar-refractivity contribution >= 4 is 30.7 Å². The minimum Gasteiger partial charge on any atom is -0.496 e. The molecule has 0 bridgehead atoms. The standard InChI is InChI=1S/C11H15NO2.2C10H8O3/c1-13-6-5-9-3-4-11(14-2)10(7-9)8-12;2*1-2-10(12)13-9-5-3-8(7-11)4-6-9/h3-4,7-8,12H,5-6H2,1-2H3;2*2-7H,1H2. The van der Waals surface area contributed by atoms with Gasteiger partial charge in [-0.1, -0.05) is 19.2 Å². The van der Waals surface area contributed by atoms with Crippen LogP contribution in [0.3, 0.4) is 0 Å². The maximum absolute atomic E-state index is 10.7. The number of aldehydes is 2. The van der Waals surface area contributed by atoms with E-state index < -0.39 is 11.9 Å². The fourth-order valence-electron chi connectivity index (χ4n) is 2.82. The van der Waals surface area contributed by atoms with Crippen molar-refractivity contribution in [2.45, 2.75) is 6.42 Å². The third-order valence-electron chi connectivity index (χ3n) is 4.85. The fraction of sp³-hybridized carbons (Fsp3) is 0.129. The number of methoxy groups -OCH3 is 2. The Hall–Kier alpha value is -5.15. The van der Waals surface area contributed by atoms with Crippen molar-refractivity contribution < 1.29 is 38.1 Å². The first-order valence-electron chi connectivity index (χ1n) is 11.8. The topological polar surface area (TPSA) is 129 Å². The summed E-state index contributed by atoms with van der Waals surface area (Å²) in [6.45, 7) is 7.22. The van der Waals surface area contributed by atoms with Crippen LogP contribution in [0.5, 0.6) is 17.2 Å². The fourth-order valence-corrected chi connectivity index (χ4v) is 2.82. The molecule has 0 radical (unpaired) electrons. The van der Waals surface area contributed by atoms with Crippen molar-refractivity contribution in [1.82, 2.24) is 0 Å². The maximum atomic E-state index is 10.7. The second kappa shape index (κ2) is 19.0. The van der Waals surface area contributed by atoms with Crippen LogP contribution in [0.25, 0.3) is 0 Å². The zero-order valence-electron chi connectivity index (χ0n) is 22.3. The molecule has 0 saturated carbocycles. The molecule has 208 valence electrons. The molecule has 0 aliphatic rings. The SMILES string of the molecule is C=CC(=O)Oc1ccc(C=O)cc1.C=CC(=O)Oc1ccc(C=O)cc1.COCCc1ccc(OC)c(C=N)c1. The molecule has 0 spiro atoms. The third kappa shape index (κ3) is 12.4. The van der Waals surface area contributed by atoms with Gasteiger partial charge in [0.05, 0.1) is 13.7 Å².